The van der Waals surface area contributed by atoms with Crippen LogP contribution in [0.25, 0.3) is 0 Å². The van der Waals surface area contributed by atoms with Gasteiger partial charge in [-0.25, -0.2) is 4.68 Å². The molecule has 0 spiro atoms. The summed E-state index contributed by atoms with van der Waals surface area (Å²) in [6.07, 6.45) is 2.80. The van der Waals surface area contributed by atoms with Crippen LogP contribution in [0.5, 0.6) is 0 Å². The highest BCUT2D eigenvalue weighted by Crippen LogP contribution is 2.09. The molecule has 1 aromatic rings. The topological polar surface area (TPSA) is 109 Å². The van der Waals surface area contributed by atoms with E-state index in [1.54, 1.807) is 17.8 Å². The van der Waals surface area contributed by atoms with Crippen LogP contribution in [-0.4, -0.2) is 51.6 Å². The molecule has 3 N–H and O–H groups in total. The van der Waals surface area contributed by atoms with Gasteiger partial charge in [0.1, 0.15) is 0 Å². The minimum absolute atomic E-state index is 0.272. The summed E-state index contributed by atoms with van der Waals surface area (Å²) in [6.45, 7) is 3.78. The van der Waals surface area contributed by atoms with Gasteiger partial charge in [0.2, 0.25) is 0 Å². The molecular weight excluding hydrogens is 262 g/mol. The summed E-state index contributed by atoms with van der Waals surface area (Å²) in [5, 5.41) is 22.3. The first-order valence-corrected chi connectivity index (χ1v) is 6.71. The van der Waals surface area contributed by atoms with E-state index in [1.165, 1.54) is 0 Å². The van der Waals surface area contributed by atoms with Gasteiger partial charge < -0.3 is 15.7 Å². The zero-order valence-corrected chi connectivity index (χ0v) is 11.4. The molecule has 2 heterocycles. The molecule has 1 saturated heterocycles. The van der Waals surface area contributed by atoms with Crippen molar-refractivity contribution >= 4 is 11.9 Å². The van der Waals surface area contributed by atoms with Crippen molar-refractivity contribution in [3.8, 4) is 0 Å². The Balaban J connectivity index is 1.71. The molecule has 0 radical (unpaired) electrons. The zero-order chi connectivity index (χ0) is 14.5. The van der Waals surface area contributed by atoms with Crippen molar-refractivity contribution in [2.75, 3.05) is 19.6 Å². The molecule has 1 aliphatic rings. The van der Waals surface area contributed by atoms with E-state index in [9.17, 15) is 9.59 Å². The van der Waals surface area contributed by atoms with Crippen LogP contribution in [0.1, 0.15) is 36.3 Å². The molecule has 8 nitrogen and oxygen atoms in total. The molecule has 1 atom stereocenters. The molecule has 1 aliphatic heterocycles. The van der Waals surface area contributed by atoms with Gasteiger partial charge >= 0.3 is 5.97 Å². The van der Waals surface area contributed by atoms with Gasteiger partial charge in [0, 0.05) is 19.6 Å². The van der Waals surface area contributed by atoms with Crippen LogP contribution in [0.4, 0.5) is 0 Å². The van der Waals surface area contributed by atoms with Crippen LogP contribution in [-0.2, 0) is 4.79 Å². The Hall–Kier alpha value is -1.96. The Labute approximate surface area is 116 Å². The highest BCUT2D eigenvalue weighted by atomic mass is 16.4. The molecule has 0 saturated carbocycles. The minimum atomic E-state index is -0.812. The van der Waals surface area contributed by atoms with Crippen molar-refractivity contribution in [3.63, 3.8) is 0 Å². The number of carbonyl (C=O) groups is 2. The van der Waals surface area contributed by atoms with E-state index >= 15 is 0 Å². The largest absolute Gasteiger partial charge is 0.481 e. The van der Waals surface area contributed by atoms with Gasteiger partial charge in [-0.3, -0.25) is 9.59 Å². The highest BCUT2D eigenvalue weighted by Gasteiger charge is 2.21. The van der Waals surface area contributed by atoms with E-state index < -0.39 is 5.97 Å². The second-order valence-electron chi connectivity index (χ2n) is 5.03. The lowest BCUT2D eigenvalue weighted by atomic mass is 10.1. The number of aromatic nitrogens is 3. The Morgan fingerprint density at radius 3 is 2.95 bits per heavy atom. The minimum Gasteiger partial charge on any atom is -0.481 e. The van der Waals surface area contributed by atoms with Gasteiger partial charge in [0.15, 0.2) is 5.69 Å². The van der Waals surface area contributed by atoms with Gasteiger partial charge in [0.25, 0.3) is 5.91 Å². The molecule has 20 heavy (non-hydrogen) atoms. The van der Waals surface area contributed by atoms with Crippen molar-refractivity contribution in [2.24, 2.45) is 5.92 Å². The average molecular weight is 281 g/mol. The third kappa shape index (κ3) is 3.53. The van der Waals surface area contributed by atoms with Gasteiger partial charge in [-0.2, -0.15) is 0 Å². The molecular formula is C12H19N5O3. The Morgan fingerprint density at radius 2 is 2.35 bits per heavy atom. The second kappa shape index (κ2) is 6.47. The zero-order valence-electron chi connectivity index (χ0n) is 11.4. The van der Waals surface area contributed by atoms with Gasteiger partial charge in [-0.05, 0) is 12.8 Å². The average Bonchev–Trinajstić information content (AvgIpc) is 2.81. The van der Waals surface area contributed by atoms with Crippen LogP contribution in [0.3, 0.4) is 0 Å². The standard InChI is InChI=1S/C12H19N5O3/c1-8(12(19)20)3-2-4-14-11(18)10-7-17(16-15-10)9-5-13-6-9/h7-9,13H,2-6H2,1H3,(H,14,18)(H,19,20). The summed E-state index contributed by atoms with van der Waals surface area (Å²) < 4.78 is 1.69. The first-order valence-electron chi connectivity index (χ1n) is 6.71. The van der Waals surface area contributed by atoms with Crippen LogP contribution in [0.15, 0.2) is 6.20 Å². The van der Waals surface area contributed by atoms with Crippen LogP contribution < -0.4 is 10.6 Å². The van der Waals surface area contributed by atoms with Crippen molar-refractivity contribution in [1.29, 1.82) is 0 Å². The number of amides is 1. The van der Waals surface area contributed by atoms with Crippen LogP contribution >= 0.6 is 0 Å². The summed E-state index contributed by atoms with van der Waals surface area (Å²) >= 11 is 0. The molecule has 1 aromatic heterocycles. The Bertz CT molecular complexity index is 483. The van der Waals surface area contributed by atoms with E-state index in [4.69, 9.17) is 5.11 Å². The quantitative estimate of drug-likeness (QED) is 0.590. The fourth-order valence-electron chi connectivity index (χ4n) is 1.84. The third-order valence-electron chi connectivity index (χ3n) is 3.40. The molecule has 0 aliphatic carbocycles. The van der Waals surface area contributed by atoms with Crippen molar-refractivity contribution in [2.45, 2.75) is 25.8 Å². The van der Waals surface area contributed by atoms with Crippen molar-refractivity contribution < 1.29 is 14.7 Å². The SMILES string of the molecule is CC(CCCNC(=O)c1cn(C2CNC2)nn1)C(=O)O. The lowest BCUT2D eigenvalue weighted by Crippen LogP contribution is -2.43. The maximum Gasteiger partial charge on any atom is 0.306 e. The number of nitrogens with zero attached hydrogens (tertiary/aromatic N) is 3. The summed E-state index contributed by atoms with van der Waals surface area (Å²) in [4.78, 5) is 22.4. The van der Waals surface area contributed by atoms with E-state index in [-0.39, 0.29) is 17.9 Å². The number of carbonyl (C=O) groups excluding carboxylic acids is 1. The van der Waals surface area contributed by atoms with E-state index in [0.29, 0.717) is 25.1 Å². The molecule has 1 unspecified atom stereocenters. The lowest BCUT2D eigenvalue weighted by molar-refractivity contribution is -0.141. The monoisotopic (exact) mass is 281 g/mol. The first kappa shape index (κ1) is 14.4. The Morgan fingerprint density at radius 1 is 1.60 bits per heavy atom. The fourth-order valence-corrected chi connectivity index (χ4v) is 1.84. The Kier molecular flexibility index (Phi) is 4.67. The molecule has 0 bridgehead atoms. The third-order valence-corrected chi connectivity index (χ3v) is 3.40. The predicted octanol–water partition coefficient (Wildman–Crippen LogP) is -0.347. The number of carboxylic acid groups (broad SMARTS) is 1. The second-order valence-corrected chi connectivity index (χ2v) is 5.03. The number of aliphatic carboxylic acids is 1. The summed E-state index contributed by atoms with van der Waals surface area (Å²) in [5.41, 5.74) is 0.295. The summed E-state index contributed by atoms with van der Waals surface area (Å²) in [5.74, 6) is -1.47. The van der Waals surface area contributed by atoms with Gasteiger partial charge in [0.05, 0.1) is 18.2 Å². The molecule has 1 amide bonds. The predicted molar refractivity (Wildman–Crippen MR) is 70.3 cm³/mol. The van der Waals surface area contributed by atoms with E-state index in [0.717, 1.165) is 13.1 Å². The van der Waals surface area contributed by atoms with Crippen molar-refractivity contribution in [1.82, 2.24) is 25.6 Å². The highest BCUT2D eigenvalue weighted by molar-refractivity contribution is 5.91. The molecule has 1 fully saturated rings. The maximum atomic E-state index is 11.8. The molecule has 8 heteroatoms. The van der Waals surface area contributed by atoms with Gasteiger partial charge in [-0.15, -0.1) is 5.10 Å². The molecule has 2 rings (SSSR count). The van der Waals surface area contributed by atoms with E-state index in [2.05, 4.69) is 20.9 Å². The fraction of sp³-hybridized carbons (Fsp3) is 0.667. The number of hydrogen-bond acceptors (Lipinski definition) is 5. The smallest absolute Gasteiger partial charge is 0.306 e. The van der Waals surface area contributed by atoms with Crippen molar-refractivity contribution in [3.05, 3.63) is 11.9 Å². The van der Waals surface area contributed by atoms with Crippen LogP contribution in [0.2, 0.25) is 0 Å². The number of carboxylic acids is 1. The summed E-state index contributed by atoms with van der Waals surface area (Å²) in [6, 6.07) is 0.278. The number of hydrogen-bond donors (Lipinski definition) is 3. The normalized spacial score (nSPS) is 16.4. The number of rotatable bonds is 7. The van der Waals surface area contributed by atoms with Crippen LogP contribution in [0, 0.1) is 5.92 Å². The lowest BCUT2D eigenvalue weighted by Gasteiger charge is -2.26. The maximum absolute atomic E-state index is 11.8. The first-order chi connectivity index (χ1) is 9.58. The van der Waals surface area contributed by atoms with E-state index in [1.807, 2.05) is 0 Å². The summed E-state index contributed by atoms with van der Waals surface area (Å²) in [7, 11) is 0. The molecule has 110 valence electrons. The number of nitrogens with one attached hydrogen (secondary N) is 2. The van der Waals surface area contributed by atoms with Gasteiger partial charge in [-0.1, -0.05) is 12.1 Å². The molecule has 0 aromatic carbocycles.